The highest BCUT2D eigenvalue weighted by Crippen LogP contribution is 2.17. The summed E-state index contributed by atoms with van der Waals surface area (Å²) in [5, 5.41) is 14.5. The molecule has 0 amide bonds. The van der Waals surface area contributed by atoms with Crippen LogP contribution < -0.4 is 4.74 Å². The van der Waals surface area contributed by atoms with Crippen molar-refractivity contribution in [2.75, 3.05) is 7.11 Å². The first-order valence-electron chi connectivity index (χ1n) is 6.01. The second-order valence-electron chi connectivity index (χ2n) is 4.18. The maximum absolute atomic E-state index is 11.9. The van der Waals surface area contributed by atoms with Gasteiger partial charge in [0.25, 0.3) is 5.69 Å². The maximum atomic E-state index is 11.9. The lowest BCUT2D eigenvalue weighted by Gasteiger charge is -2.00. The highest BCUT2D eigenvalue weighted by Gasteiger charge is 2.18. The molecule has 1 aromatic carbocycles. The number of rotatable bonds is 4. The Kier molecular flexibility index (Phi) is 4.16. The first kappa shape index (κ1) is 15.2. The minimum Gasteiger partial charge on any atom is -0.464 e. The Bertz CT molecular complexity index is 752. The molecule has 1 heterocycles. The number of hydrogen-bond acceptors (Lipinski definition) is 7. The van der Waals surface area contributed by atoms with Crippen LogP contribution in [0.3, 0.4) is 0 Å². The average molecular weight is 305 g/mol. The predicted molar refractivity (Wildman–Crippen MR) is 72.6 cm³/mol. The summed E-state index contributed by atoms with van der Waals surface area (Å²) in [5.41, 5.74) is -0.130. The number of aryl methyl sites for hydroxylation is 1. The smallest absolute Gasteiger partial charge is 0.356 e. The molecule has 9 nitrogen and oxygen atoms in total. The Balaban J connectivity index is 2.20. The van der Waals surface area contributed by atoms with Crippen LogP contribution >= 0.6 is 0 Å². The van der Waals surface area contributed by atoms with Gasteiger partial charge >= 0.3 is 11.9 Å². The minimum absolute atomic E-state index is 0.000490. The highest BCUT2D eigenvalue weighted by atomic mass is 16.6. The molecule has 2 aromatic rings. The van der Waals surface area contributed by atoms with Crippen molar-refractivity contribution < 1.29 is 24.0 Å². The molecule has 0 saturated carbocycles. The molecule has 0 aliphatic rings. The van der Waals surface area contributed by atoms with Crippen molar-refractivity contribution in [1.29, 1.82) is 0 Å². The fourth-order valence-corrected chi connectivity index (χ4v) is 1.69. The van der Waals surface area contributed by atoms with Gasteiger partial charge in [0, 0.05) is 25.2 Å². The number of esters is 2. The molecular formula is C13H11N3O6. The third kappa shape index (κ3) is 3.08. The lowest BCUT2D eigenvalue weighted by atomic mass is 10.2. The molecule has 0 radical (unpaired) electrons. The normalized spacial score (nSPS) is 10.1. The molecule has 22 heavy (non-hydrogen) atoms. The second-order valence-corrected chi connectivity index (χ2v) is 4.18. The van der Waals surface area contributed by atoms with Crippen molar-refractivity contribution in [2.24, 2.45) is 7.05 Å². The molecule has 0 saturated heterocycles. The van der Waals surface area contributed by atoms with E-state index in [4.69, 9.17) is 4.74 Å². The van der Waals surface area contributed by atoms with E-state index in [1.54, 1.807) is 0 Å². The van der Waals surface area contributed by atoms with Crippen molar-refractivity contribution in [3.8, 4) is 5.88 Å². The quantitative estimate of drug-likeness (QED) is 0.475. The van der Waals surface area contributed by atoms with Gasteiger partial charge in [0.2, 0.25) is 5.88 Å². The van der Waals surface area contributed by atoms with Gasteiger partial charge < -0.3 is 9.47 Å². The summed E-state index contributed by atoms with van der Waals surface area (Å²) in [6.07, 6.45) is 0. The zero-order valence-corrected chi connectivity index (χ0v) is 11.7. The first-order valence-corrected chi connectivity index (χ1v) is 6.01. The number of nitrogens with zero attached hydrogens (tertiary/aromatic N) is 3. The van der Waals surface area contributed by atoms with E-state index >= 15 is 0 Å². The molecular weight excluding hydrogens is 294 g/mol. The van der Waals surface area contributed by atoms with E-state index in [0.29, 0.717) is 0 Å². The van der Waals surface area contributed by atoms with Crippen LogP contribution in [0.1, 0.15) is 20.8 Å². The fraction of sp³-hybridized carbons (Fsp3) is 0.154. The summed E-state index contributed by atoms with van der Waals surface area (Å²) in [6, 6.07) is 6.33. The summed E-state index contributed by atoms with van der Waals surface area (Å²) in [6.45, 7) is 0. The molecule has 9 heteroatoms. The maximum Gasteiger partial charge on any atom is 0.356 e. The van der Waals surface area contributed by atoms with Crippen molar-refractivity contribution in [2.45, 2.75) is 0 Å². The van der Waals surface area contributed by atoms with E-state index in [2.05, 4.69) is 9.84 Å². The van der Waals surface area contributed by atoms with Crippen molar-refractivity contribution in [1.82, 2.24) is 9.78 Å². The fourth-order valence-electron chi connectivity index (χ4n) is 1.69. The molecule has 0 bridgehead atoms. The summed E-state index contributed by atoms with van der Waals surface area (Å²) in [7, 11) is 2.70. The van der Waals surface area contributed by atoms with Gasteiger partial charge in [-0.05, 0) is 6.07 Å². The number of ether oxygens (including phenoxy) is 2. The predicted octanol–water partition coefficient (Wildman–Crippen LogP) is 1.33. The van der Waals surface area contributed by atoms with Gasteiger partial charge in [0.05, 0.1) is 17.6 Å². The molecule has 0 fully saturated rings. The largest absolute Gasteiger partial charge is 0.464 e. The van der Waals surface area contributed by atoms with Crippen LogP contribution in [0.4, 0.5) is 5.69 Å². The van der Waals surface area contributed by atoms with Crippen LogP contribution in [0, 0.1) is 10.1 Å². The SMILES string of the molecule is COC(=O)c1cc(OC(=O)c2cccc([N+](=O)[O-])c2)nn1C. The molecule has 0 unspecified atom stereocenters. The lowest BCUT2D eigenvalue weighted by molar-refractivity contribution is -0.384. The van der Waals surface area contributed by atoms with Gasteiger partial charge in [-0.25, -0.2) is 9.59 Å². The minimum atomic E-state index is -0.821. The van der Waals surface area contributed by atoms with Gasteiger partial charge in [-0.15, -0.1) is 5.10 Å². The van der Waals surface area contributed by atoms with E-state index in [0.717, 1.165) is 6.07 Å². The van der Waals surface area contributed by atoms with E-state index in [9.17, 15) is 19.7 Å². The van der Waals surface area contributed by atoms with Gasteiger partial charge in [-0.2, -0.15) is 0 Å². The second kappa shape index (κ2) is 6.04. The van der Waals surface area contributed by atoms with Crippen LogP contribution in [0.2, 0.25) is 0 Å². The molecule has 0 N–H and O–H groups in total. The van der Waals surface area contributed by atoms with Gasteiger partial charge in [0.1, 0.15) is 5.69 Å². The van der Waals surface area contributed by atoms with Crippen LogP contribution in [-0.4, -0.2) is 33.8 Å². The zero-order chi connectivity index (χ0) is 16.3. The highest BCUT2D eigenvalue weighted by molar-refractivity contribution is 5.92. The molecule has 2 rings (SSSR count). The van der Waals surface area contributed by atoms with Crippen LogP contribution in [0.5, 0.6) is 5.88 Å². The number of nitro groups is 1. The summed E-state index contributed by atoms with van der Waals surface area (Å²) in [5.74, 6) is -1.56. The lowest BCUT2D eigenvalue weighted by Crippen LogP contribution is -2.09. The summed E-state index contributed by atoms with van der Waals surface area (Å²) < 4.78 is 10.7. The molecule has 0 spiro atoms. The van der Waals surface area contributed by atoms with Crippen molar-refractivity contribution in [3.05, 3.63) is 51.7 Å². The Morgan fingerprint density at radius 3 is 2.64 bits per heavy atom. The van der Waals surface area contributed by atoms with E-state index in [1.165, 1.54) is 43.1 Å². The van der Waals surface area contributed by atoms with Crippen LogP contribution in [0.15, 0.2) is 30.3 Å². The van der Waals surface area contributed by atoms with Crippen molar-refractivity contribution in [3.63, 3.8) is 0 Å². The van der Waals surface area contributed by atoms with Crippen LogP contribution in [0.25, 0.3) is 0 Å². The number of nitro benzene ring substituents is 1. The average Bonchev–Trinajstić information content (AvgIpc) is 2.87. The number of carbonyl (C=O) groups excluding carboxylic acids is 2. The van der Waals surface area contributed by atoms with Gasteiger partial charge in [-0.3, -0.25) is 14.8 Å². The Labute approximate surface area is 124 Å². The number of aromatic nitrogens is 2. The van der Waals surface area contributed by atoms with Crippen LogP contribution in [-0.2, 0) is 11.8 Å². The Morgan fingerprint density at radius 1 is 1.27 bits per heavy atom. The third-order valence-electron chi connectivity index (χ3n) is 2.74. The topological polar surface area (TPSA) is 114 Å². The summed E-state index contributed by atoms with van der Waals surface area (Å²) >= 11 is 0. The molecule has 1 aromatic heterocycles. The Hall–Kier alpha value is -3.23. The third-order valence-corrected chi connectivity index (χ3v) is 2.74. The number of non-ortho nitro benzene ring substituents is 1. The van der Waals surface area contributed by atoms with Gasteiger partial charge in [0.15, 0.2) is 0 Å². The molecule has 114 valence electrons. The standard InChI is InChI=1S/C13H11N3O6/c1-15-10(13(18)21-2)7-11(14-15)22-12(17)8-4-3-5-9(6-8)16(19)20/h3-7H,1-2H3. The molecule has 0 aliphatic heterocycles. The first-order chi connectivity index (χ1) is 10.4. The number of methoxy groups -OCH3 is 1. The van der Waals surface area contributed by atoms with Crippen molar-refractivity contribution >= 4 is 17.6 Å². The van der Waals surface area contributed by atoms with E-state index in [1.807, 2.05) is 0 Å². The number of benzene rings is 1. The Morgan fingerprint density at radius 2 is 2.00 bits per heavy atom. The molecule has 0 atom stereocenters. The van der Waals surface area contributed by atoms with E-state index in [-0.39, 0.29) is 22.8 Å². The van der Waals surface area contributed by atoms with Gasteiger partial charge in [-0.1, -0.05) is 6.07 Å². The molecule has 0 aliphatic carbocycles. The zero-order valence-electron chi connectivity index (χ0n) is 11.7. The number of hydrogen-bond donors (Lipinski definition) is 0. The monoisotopic (exact) mass is 305 g/mol. The summed E-state index contributed by atoms with van der Waals surface area (Å²) in [4.78, 5) is 33.4. The van der Waals surface area contributed by atoms with E-state index < -0.39 is 16.9 Å². The number of carbonyl (C=O) groups is 2.